The van der Waals surface area contributed by atoms with E-state index >= 15 is 0 Å². The summed E-state index contributed by atoms with van der Waals surface area (Å²) in [6, 6.07) is 7.39. The van der Waals surface area contributed by atoms with E-state index in [2.05, 4.69) is 15.3 Å². The number of thioether (sulfide) groups is 1. The van der Waals surface area contributed by atoms with E-state index in [0.29, 0.717) is 17.3 Å². The number of carbonyl (C=O) groups is 1. The van der Waals surface area contributed by atoms with Crippen molar-refractivity contribution in [1.29, 1.82) is 0 Å². The molecule has 0 saturated carbocycles. The van der Waals surface area contributed by atoms with Gasteiger partial charge in [0, 0.05) is 18.1 Å². The van der Waals surface area contributed by atoms with Crippen LogP contribution >= 0.6 is 11.8 Å². The maximum Gasteiger partial charge on any atom is 0.238 e. The minimum atomic E-state index is -3.74. The Morgan fingerprint density at radius 3 is 2.39 bits per heavy atom. The van der Waals surface area contributed by atoms with E-state index < -0.39 is 10.0 Å². The second-order valence-corrected chi connectivity index (χ2v) is 7.34. The van der Waals surface area contributed by atoms with Crippen LogP contribution in [0.25, 0.3) is 0 Å². The number of benzene rings is 1. The highest BCUT2D eigenvalue weighted by Gasteiger charge is 2.19. The number of nitrogens with zero attached hydrogens (tertiary/aromatic N) is 2. The Kier molecular flexibility index (Phi) is 5.69. The average molecular weight is 352 g/mol. The number of nitrogens with one attached hydrogen (secondary N) is 1. The minimum absolute atomic E-state index is 0.00500. The van der Waals surface area contributed by atoms with Crippen LogP contribution in [-0.2, 0) is 14.8 Å². The molecule has 1 aromatic heterocycles. The van der Waals surface area contributed by atoms with Gasteiger partial charge < -0.3 is 5.32 Å². The number of hydrogen-bond donors (Lipinski definition) is 2. The lowest BCUT2D eigenvalue weighted by Gasteiger charge is -2.13. The Morgan fingerprint density at radius 2 is 1.87 bits per heavy atom. The number of sulfonamides is 1. The summed E-state index contributed by atoms with van der Waals surface area (Å²) in [5.41, 5.74) is 0.496. The zero-order valence-corrected chi connectivity index (χ0v) is 14.0. The zero-order chi connectivity index (χ0) is 16.9. The molecule has 1 heterocycles. The molecule has 7 nitrogen and oxygen atoms in total. The van der Waals surface area contributed by atoms with E-state index in [1.165, 1.54) is 36.0 Å². The van der Waals surface area contributed by atoms with Crippen LogP contribution < -0.4 is 10.5 Å². The number of hydrogen-bond acceptors (Lipinski definition) is 6. The fourth-order valence-electron chi connectivity index (χ4n) is 1.75. The third-order valence-corrected chi connectivity index (χ3v) is 5.09. The Hall–Kier alpha value is -1.97. The molecule has 0 bridgehead atoms. The average Bonchev–Trinajstić information content (AvgIpc) is 2.53. The van der Waals surface area contributed by atoms with Crippen LogP contribution in [0.3, 0.4) is 0 Å². The van der Waals surface area contributed by atoms with Gasteiger partial charge in [-0.1, -0.05) is 18.7 Å². The van der Waals surface area contributed by atoms with Crippen molar-refractivity contribution >= 4 is 33.4 Å². The van der Waals surface area contributed by atoms with Crippen LogP contribution in [0.15, 0.2) is 52.8 Å². The number of amides is 1. The molecular weight excluding hydrogens is 336 g/mol. The van der Waals surface area contributed by atoms with Crippen LogP contribution in [0.4, 0.5) is 5.69 Å². The first-order chi connectivity index (χ1) is 10.9. The third-order valence-electron chi connectivity index (χ3n) is 2.90. The van der Waals surface area contributed by atoms with Crippen LogP contribution in [-0.4, -0.2) is 29.5 Å². The van der Waals surface area contributed by atoms with Gasteiger partial charge in [0.2, 0.25) is 15.9 Å². The number of primary sulfonamides is 1. The second kappa shape index (κ2) is 7.53. The van der Waals surface area contributed by atoms with Gasteiger partial charge in [0.15, 0.2) is 5.16 Å². The van der Waals surface area contributed by atoms with Crippen molar-refractivity contribution in [3.8, 4) is 0 Å². The van der Waals surface area contributed by atoms with E-state index in [1.807, 2.05) is 6.92 Å². The Bertz CT molecular complexity index is 764. The molecule has 0 aliphatic carbocycles. The minimum Gasteiger partial charge on any atom is -0.325 e. The van der Waals surface area contributed by atoms with Crippen molar-refractivity contribution in [3.63, 3.8) is 0 Å². The van der Waals surface area contributed by atoms with Crippen molar-refractivity contribution in [3.05, 3.63) is 42.7 Å². The number of rotatable bonds is 6. The van der Waals surface area contributed by atoms with Crippen molar-refractivity contribution in [2.75, 3.05) is 5.32 Å². The summed E-state index contributed by atoms with van der Waals surface area (Å²) in [6.07, 6.45) is 3.84. The van der Waals surface area contributed by atoms with Crippen LogP contribution in [0.1, 0.15) is 13.3 Å². The molecule has 3 N–H and O–H groups in total. The molecule has 0 aliphatic rings. The third kappa shape index (κ3) is 5.02. The highest BCUT2D eigenvalue weighted by molar-refractivity contribution is 8.00. The molecule has 0 spiro atoms. The molecule has 1 unspecified atom stereocenters. The molecule has 0 radical (unpaired) electrons. The molecule has 0 saturated heterocycles. The monoisotopic (exact) mass is 352 g/mol. The lowest BCUT2D eigenvalue weighted by Crippen LogP contribution is -2.24. The molecular formula is C14H16N4O3S2. The lowest BCUT2D eigenvalue weighted by molar-refractivity contribution is -0.115. The first kappa shape index (κ1) is 17.4. The molecule has 0 fully saturated rings. The maximum atomic E-state index is 12.3. The first-order valence-corrected chi connectivity index (χ1v) is 9.20. The second-order valence-electron chi connectivity index (χ2n) is 4.60. The first-order valence-electron chi connectivity index (χ1n) is 6.77. The molecule has 9 heteroatoms. The summed E-state index contributed by atoms with van der Waals surface area (Å²) in [5, 5.41) is 7.95. The highest BCUT2D eigenvalue weighted by atomic mass is 32.2. The molecule has 2 rings (SSSR count). The SMILES string of the molecule is CCC(Sc1ncccn1)C(=O)Nc1ccc(S(N)(=O)=O)cc1. The van der Waals surface area contributed by atoms with Gasteiger partial charge in [-0.05, 0) is 36.8 Å². The van der Waals surface area contributed by atoms with E-state index in [9.17, 15) is 13.2 Å². The van der Waals surface area contributed by atoms with Gasteiger partial charge in [-0.2, -0.15) is 0 Å². The highest BCUT2D eigenvalue weighted by Crippen LogP contribution is 2.23. The van der Waals surface area contributed by atoms with E-state index in [4.69, 9.17) is 5.14 Å². The summed E-state index contributed by atoms with van der Waals surface area (Å²) in [5.74, 6) is -0.201. The summed E-state index contributed by atoms with van der Waals surface area (Å²) in [7, 11) is -3.74. The van der Waals surface area contributed by atoms with E-state index in [0.717, 1.165) is 0 Å². The molecule has 1 amide bonds. The molecule has 0 aliphatic heterocycles. The quantitative estimate of drug-likeness (QED) is 0.603. The van der Waals surface area contributed by atoms with Crippen LogP contribution in [0, 0.1) is 0 Å². The van der Waals surface area contributed by atoms with Crippen molar-refractivity contribution < 1.29 is 13.2 Å². The standard InChI is InChI=1S/C14H16N4O3S2/c1-2-12(22-14-16-8-3-9-17-14)13(19)18-10-4-6-11(7-5-10)23(15,20)21/h3-9,12H,2H2,1H3,(H,18,19)(H2,15,20,21). The van der Waals surface area contributed by atoms with Crippen molar-refractivity contribution in [1.82, 2.24) is 9.97 Å². The van der Waals surface area contributed by atoms with Gasteiger partial charge in [-0.25, -0.2) is 23.5 Å². The molecule has 1 aromatic carbocycles. The van der Waals surface area contributed by atoms with Gasteiger partial charge in [0.05, 0.1) is 10.1 Å². The van der Waals surface area contributed by atoms with Gasteiger partial charge >= 0.3 is 0 Å². The Labute approximate surface area is 138 Å². The topological polar surface area (TPSA) is 115 Å². The smallest absolute Gasteiger partial charge is 0.238 e. The normalized spacial score (nSPS) is 12.6. The van der Waals surface area contributed by atoms with Gasteiger partial charge in [-0.15, -0.1) is 0 Å². The van der Waals surface area contributed by atoms with Crippen LogP contribution in [0.2, 0.25) is 0 Å². The number of anilines is 1. The fraction of sp³-hybridized carbons (Fsp3) is 0.214. The summed E-state index contributed by atoms with van der Waals surface area (Å²) in [4.78, 5) is 20.5. The summed E-state index contributed by atoms with van der Waals surface area (Å²) in [6.45, 7) is 1.89. The van der Waals surface area contributed by atoms with Crippen molar-refractivity contribution in [2.45, 2.75) is 28.6 Å². The number of nitrogens with two attached hydrogens (primary N) is 1. The number of carbonyl (C=O) groups excluding carboxylic acids is 1. The molecule has 23 heavy (non-hydrogen) atoms. The van der Waals surface area contributed by atoms with E-state index in [1.54, 1.807) is 18.5 Å². The lowest BCUT2D eigenvalue weighted by atomic mass is 10.3. The molecule has 1 atom stereocenters. The largest absolute Gasteiger partial charge is 0.325 e. The summed E-state index contributed by atoms with van der Waals surface area (Å²) < 4.78 is 22.4. The van der Waals surface area contributed by atoms with Crippen LogP contribution in [0.5, 0.6) is 0 Å². The van der Waals surface area contributed by atoms with Gasteiger partial charge in [0.25, 0.3) is 0 Å². The fourth-order valence-corrected chi connectivity index (χ4v) is 3.09. The summed E-state index contributed by atoms with van der Waals surface area (Å²) >= 11 is 1.27. The van der Waals surface area contributed by atoms with Gasteiger partial charge in [-0.3, -0.25) is 4.79 Å². The maximum absolute atomic E-state index is 12.3. The Morgan fingerprint density at radius 1 is 1.26 bits per heavy atom. The predicted octanol–water partition coefficient (Wildman–Crippen LogP) is 1.63. The Balaban J connectivity index is 2.04. The molecule has 122 valence electrons. The predicted molar refractivity (Wildman–Crippen MR) is 88.4 cm³/mol. The number of aromatic nitrogens is 2. The molecule has 2 aromatic rings. The van der Waals surface area contributed by atoms with Crippen molar-refractivity contribution in [2.24, 2.45) is 5.14 Å². The van der Waals surface area contributed by atoms with E-state index in [-0.39, 0.29) is 16.1 Å². The van der Waals surface area contributed by atoms with Gasteiger partial charge in [0.1, 0.15) is 0 Å². The zero-order valence-electron chi connectivity index (χ0n) is 12.3.